The second kappa shape index (κ2) is 5.99. The lowest BCUT2D eigenvalue weighted by Gasteiger charge is -2.16. The topological polar surface area (TPSA) is 71.1 Å². The highest BCUT2D eigenvalue weighted by Gasteiger charge is 2.07. The van der Waals surface area contributed by atoms with Crippen LogP contribution in [0.25, 0.3) is 0 Å². The molecule has 1 rings (SSSR count). The van der Waals surface area contributed by atoms with Crippen LogP contribution in [0.2, 0.25) is 0 Å². The number of ether oxygens (including phenoxy) is 1. The van der Waals surface area contributed by atoms with Crippen LogP contribution >= 0.6 is 0 Å². The van der Waals surface area contributed by atoms with Gasteiger partial charge < -0.3 is 15.8 Å². The summed E-state index contributed by atoms with van der Waals surface area (Å²) in [7, 11) is 1.68. The molecule has 16 heavy (non-hydrogen) atoms. The van der Waals surface area contributed by atoms with Gasteiger partial charge in [-0.3, -0.25) is 0 Å². The minimum absolute atomic E-state index is 0.260. The Morgan fingerprint density at radius 1 is 1.56 bits per heavy atom. The molecule has 0 radical (unpaired) electrons. The molecule has 0 fully saturated rings. The van der Waals surface area contributed by atoms with Gasteiger partial charge in [0.25, 0.3) is 0 Å². The molecule has 1 aromatic carbocycles. The van der Waals surface area contributed by atoms with E-state index in [1.54, 1.807) is 13.2 Å². The second-order valence-corrected chi connectivity index (χ2v) is 3.71. The first kappa shape index (κ1) is 12.3. The maximum atomic E-state index is 8.84. The standard InChI is InChI=1S/C12H17N3O/c1-9(6-7-16-2)15-11-5-3-4-10(8-13)12(11)14/h3-5,9,15H,6-7,14H2,1-2H3. The second-order valence-electron chi connectivity index (χ2n) is 3.71. The third kappa shape index (κ3) is 3.14. The maximum absolute atomic E-state index is 8.84. The van der Waals surface area contributed by atoms with Crippen molar-refractivity contribution in [3.63, 3.8) is 0 Å². The summed E-state index contributed by atoms with van der Waals surface area (Å²) in [6.07, 6.45) is 0.896. The highest BCUT2D eigenvalue weighted by molar-refractivity contribution is 5.73. The van der Waals surface area contributed by atoms with Crippen molar-refractivity contribution >= 4 is 11.4 Å². The van der Waals surface area contributed by atoms with Gasteiger partial charge in [0.05, 0.1) is 16.9 Å². The van der Waals surface area contributed by atoms with Crippen LogP contribution in [0.4, 0.5) is 11.4 Å². The third-order valence-electron chi connectivity index (χ3n) is 2.38. The summed E-state index contributed by atoms with van der Waals surface area (Å²) in [6.45, 7) is 2.75. The predicted octanol–water partition coefficient (Wildman–Crippen LogP) is 1.98. The minimum Gasteiger partial charge on any atom is -0.396 e. The number of benzene rings is 1. The lowest BCUT2D eigenvalue weighted by atomic mass is 10.1. The number of hydrogen-bond donors (Lipinski definition) is 2. The normalized spacial score (nSPS) is 11.8. The summed E-state index contributed by atoms with van der Waals surface area (Å²) < 4.78 is 5.00. The fourth-order valence-corrected chi connectivity index (χ4v) is 1.42. The monoisotopic (exact) mass is 219 g/mol. The number of hydrogen-bond acceptors (Lipinski definition) is 4. The van der Waals surface area contributed by atoms with Gasteiger partial charge in [0.1, 0.15) is 6.07 Å². The van der Waals surface area contributed by atoms with Gasteiger partial charge in [-0.15, -0.1) is 0 Å². The largest absolute Gasteiger partial charge is 0.396 e. The Labute approximate surface area is 96.0 Å². The summed E-state index contributed by atoms with van der Waals surface area (Å²) in [5, 5.41) is 12.1. The summed E-state index contributed by atoms with van der Waals surface area (Å²) in [5.41, 5.74) is 7.67. The molecular weight excluding hydrogens is 202 g/mol. The molecule has 0 saturated heterocycles. The van der Waals surface area contributed by atoms with E-state index < -0.39 is 0 Å². The van der Waals surface area contributed by atoms with Gasteiger partial charge in [-0.05, 0) is 25.5 Å². The Balaban J connectivity index is 2.70. The minimum atomic E-state index is 0.260. The number of para-hydroxylation sites is 1. The highest BCUT2D eigenvalue weighted by atomic mass is 16.5. The molecule has 1 atom stereocenters. The van der Waals surface area contributed by atoms with Gasteiger partial charge in [-0.1, -0.05) is 6.07 Å². The number of nitrogens with zero attached hydrogens (tertiary/aromatic N) is 1. The molecule has 0 heterocycles. The van der Waals surface area contributed by atoms with Crippen LogP contribution in [0.5, 0.6) is 0 Å². The molecule has 0 aliphatic carbocycles. The van der Waals surface area contributed by atoms with E-state index in [4.69, 9.17) is 15.7 Å². The zero-order valence-electron chi connectivity index (χ0n) is 9.66. The number of methoxy groups -OCH3 is 1. The summed E-state index contributed by atoms with van der Waals surface area (Å²) in [6, 6.07) is 7.73. The van der Waals surface area contributed by atoms with Gasteiger partial charge in [0.2, 0.25) is 0 Å². The van der Waals surface area contributed by atoms with Crippen LogP contribution in [0.3, 0.4) is 0 Å². The Bertz CT molecular complexity index is 384. The van der Waals surface area contributed by atoms with Crippen LogP contribution in [-0.2, 0) is 4.74 Å². The van der Waals surface area contributed by atoms with Crippen molar-refractivity contribution in [2.75, 3.05) is 24.8 Å². The molecule has 0 bridgehead atoms. The van der Waals surface area contributed by atoms with Crippen LogP contribution in [0.1, 0.15) is 18.9 Å². The first-order valence-electron chi connectivity index (χ1n) is 5.23. The van der Waals surface area contributed by atoms with Crippen molar-refractivity contribution in [3.05, 3.63) is 23.8 Å². The van der Waals surface area contributed by atoms with E-state index >= 15 is 0 Å². The Kier molecular flexibility index (Phi) is 4.62. The molecule has 3 N–H and O–H groups in total. The first-order valence-corrected chi connectivity index (χ1v) is 5.23. The summed E-state index contributed by atoms with van der Waals surface area (Å²) >= 11 is 0. The molecule has 0 aliphatic rings. The molecule has 4 nitrogen and oxygen atoms in total. The van der Waals surface area contributed by atoms with Crippen molar-refractivity contribution in [2.24, 2.45) is 0 Å². The first-order chi connectivity index (χ1) is 7.69. The molecule has 0 spiro atoms. The van der Waals surface area contributed by atoms with Gasteiger partial charge in [0, 0.05) is 19.8 Å². The van der Waals surface area contributed by atoms with E-state index in [0.29, 0.717) is 17.9 Å². The van der Waals surface area contributed by atoms with Crippen molar-refractivity contribution in [1.29, 1.82) is 5.26 Å². The number of anilines is 2. The van der Waals surface area contributed by atoms with E-state index in [2.05, 4.69) is 18.3 Å². The van der Waals surface area contributed by atoms with Crippen LogP contribution < -0.4 is 11.1 Å². The lowest BCUT2D eigenvalue weighted by molar-refractivity contribution is 0.191. The smallest absolute Gasteiger partial charge is 0.101 e. The van der Waals surface area contributed by atoms with Crippen LogP contribution in [-0.4, -0.2) is 19.8 Å². The molecule has 0 amide bonds. The molecule has 0 aliphatic heterocycles. The Morgan fingerprint density at radius 3 is 2.94 bits per heavy atom. The van der Waals surface area contributed by atoms with Crippen LogP contribution in [0.15, 0.2) is 18.2 Å². The zero-order chi connectivity index (χ0) is 12.0. The number of nitrogen functional groups attached to an aromatic ring is 1. The summed E-state index contributed by atoms with van der Waals surface area (Å²) in [5.74, 6) is 0. The van der Waals surface area contributed by atoms with Gasteiger partial charge in [-0.2, -0.15) is 5.26 Å². The highest BCUT2D eigenvalue weighted by Crippen LogP contribution is 2.22. The third-order valence-corrected chi connectivity index (χ3v) is 2.38. The van der Waals surface area contributed by atoms with Crippen molar-refractivity contribution in [1.82, 2.24) is 0 Å². The molecule has 4 heteroatoms. The average Bonchev–Trinajstić information content (AvgIpc) is 2.29. The van der Waals surface area contributed by atoms with E-state index in [1.807, 2.05) is 12.1 Å². The quantitative estimate of drug-likeness (QED) is 0.743. The van der Waals surface area contributed by atoms with Crippen LogP contribution in [0, 0.1) is 11.3 Å². The van der Waals surface area contributed by atoms with Crippen molar-refractivity contribution in [2.45, 2.75) is 19.4 Å². The van der Waals surface area contributed by atoms with E-state index in [1.165, 1.54) is 0 Å². The van der Waals surface area contributed by atoms with E-state index in [9.17, 15) is 0 Å². The number of nitrogens with one attached hydrogen (secondary N) is 1. The number of nitriles is 1. The summed E-state index contributed by atoms with van der Waals surface area (Å²) in [4.78, 5) is 0. The lowest BCUT2D eigenvalue weighted by Crippen LogP contribution is -2.18. The van der Waals surface area contributed by atoms with E-state index in [-0.39, 0.29) is 6.04 Å². The Morgan fingerprint density at radius 2 is 2.31 bits per heavy atom. The zero-order valence-corrected chi connectivity index (χ0v) is 9.66. The van der Waals surface area contributed by atoms with E-state index in [0.717, 1.165) is 12.1 Å². The van der Waals surface area contributed by atoms with Crippen molar-refractivity contribution < 1.29 is 4.74 Å². The van der Waals surface area contributed by atoms with Crippen molar-refractivity contribution in [3.8, 4) is 6.07 Å². The molecule has 0 saturated carbocycles. The average molecular weight is 219 g/mol. The molecule has 86 valence electrons. The fourth-order valence-electron chi connectivity index (χ4n) is 1.42. The van der Waals surface area contributed by atoms with Gasteiger partial charge in [-0.25, -0.2) is 0 Å². The molecule has 0 aromatic heterocycles. The molecule has 1 aromatic rings. The predicted molar refractivity (Wildman–Crippen MR) is 65.1 cm³/mol. The molecular formula is C12H17N3O. The maximum Gasteiger partial charge on any atom is 0.101 e. The fraction of sp³-hybridized carbons (Fsp3) is 0.417. The van der Waals surface area contributed by atoms with Gasteiger partial charge in [0.15, 0.2) is 0 Å². The SMILES string of the molecule is COCCC(C)Nc1cccc(C#N)c1N. The molecule has 1 unspecified atom stereocenters. The number of rotatable bonds is 5. The number of nitrogens with two attached hydrogens (primary N) is 1. The Hall–Kier alpha value is -1.73. The van der Waals surface area contributed by atoms with Gasteiger partial charge >= 0.3 is 0 Å².